The van der Waals surface area contributed by atoms with Crippen LogP contribution in [0.4, 0.5) is 0 Å². The van der Waals surface area contributed by atoms with Gasteiger partial charge in [-0.15, -0.1) is 0 Å². The van der Waals surface area contributed by atoms with Crippen LogP contribution in [-0.2, 0) is 6.42 Å². The first kappa shape index (κ1) is 15.8. The number of hydrogen-bond donors (Lipinski definition) is 2. The number of halogens is 1. The van der Waals surface area contributed by atoms with Crippen LogP contribution in [0, 0.1) is 13.8 Å². The summed E-state index contributed by atoms with van der Waals surface area (Å²) in [6.45, 7) is 4.74. The van der Waals surface area contributed by atoms with Crippen LogP contribution in [0.25, 0.3) is 0 Å². The molecule has 2 aromatic carbocycles. The summed E-state index contributed by atoms with van der Waals surface area (Å²) in [4.78, 5) is 0. The van der Waals surface area contributed by atoms with E-state index in [0.29, 0.717) is 11.6 Å². The number of rotatable bonds is 6. The Labute approximate surface area is 131 Å². The van der Waals surface area contributed by atoms with E-state index in [-0.39, 0.29) is 6.04 Å². The lowest BCUT2D eigenvalue weighted by Gasteiger charge is -2.17. The monoisotopic (exact) mass is 304 g/mol. The molecule has 3 nitrogen and oxygen atoms in total. The summed E-state index contributed by atoms with van der Waals surface area (Å²) in [5, 5.41) is 0.700. The maximum absolute atomic E-state index is 5.85. The second-order valence-electron chi connectivity index (χ2n) is 5.25. The van der Waals surface area contributed by atoms with Gasteiger partial charge in [-0.25, -0.2) is 0 Å². The predicted molar refractivity (Wildman–Crippen MR) is 87.7 cm³/mol. The van der Waals surface area contributed by atoms with E-state index in [2.05, 4.69) is 37.5 Å². The van der Waals surface area contributed by atoms with Gasteiger partial charge in [-0.05, 0) is 61.2 Å². The third kappa shape index (κ3) is 4.74. The maximum Gasteiger partial charge on any atom is 0.119 e. The van der Waals surface area contributed by atoms with Crippen LogP contribution < -0.4 is 16.0 Å². The fourth-order valence-corrected chi connectivity index (χ4v) is 2.23. The highest BCUT2D eigenvalue weighted by molar-refractivity contribution is 6.30. The Hall–Kier alpha value is -1.55. The SMILES string of the molecule is Cc1ccc(CC(COc2ccc(Cl)cc2)NN)cc1C. The van der Waals surface area contributed by atoms with Gasteiger partial charge in [0, 0.05) is 5.02 Å². The molecule has 1 unspecified atom stereocenters. The van der Waals surface area contributed by atoms with Gasteiger partial charge in [-0.2, -0.15) is 0 Å². The van der Waals surface area contributed by atoms with Crippen LogP contribution >= 0.6 is 11.6 Å². The van der Waals surface area contributed by atoms with Crippen molar-refractivity contribution in [3.05, 3.63) is 64.2 Å². The molecule has 0 aliphatic heterocycles. The first-order valence-electron chi connectivity index (χ1n) is 6.99. The Morgan fingerprint density at radius 1 is 1.10 bits per heavy atom. The van der Waals surface area contributed by atoms with Gasteiger partial charge in [0.05, 0.1) is 6.04 Å². The first-order valence-corrected chi connectivity index (χ1v) is 7.37. The number of ether oxygens (including phenoxy) is 1. The number of aryl methyl sites for hydroxylation is 2. The van der Waals surface area contributed by atoms with E-state index < -0.39 is 0 Å². The van der Waals surface area contributed by atoms with Gasteiger partial charge < -0.3 is 4.74 Å². The summed E-state index contributed by atoms with van der Waals surface area (Å²) in [5.41, 5.74) is 6.66. The van der Waals surface area contributed by atoms with Crippen molar-refractivity contribution in [3.8, 4) is 5.75 Å². The van der Waals surface area contributed by atoms with Crippen molar-refractivity contribution >= 4 is 11.6 Å². The minimum atomic E-state index is 0.0581. The van der Waals surface area contributed by atoms with Crippen molar-refractivity contribution in [3.63, 3.8) is 0 Å². The van der Waals surface area contributed by atoms with Gasteiger partial charge in [0.25, 0.3) is 0 Å². The van der Waals surface area contributed by atoms with Gasteiger partial charge in [0.2, 0.25) is 0 Å². The van der Waals surface area contributed by atoms with E-state index >= 15 is 0 Å². The number of hydrazine groups is 1. The van der Waals surface area contributed by atoms with Gasteiger partial charge >= 0.3 is 0 Å². The fourth-order valence-electron chi connectivity index (χ4n) is 2.11. The molecule has 0 radical (unpaired) electrons. The van der Waals surface area contributed by atoms with Crippen molar-refractivity contribution in [1.29, 1.82) is 0 Å². The van der Waals surface area contributed by atoms with E-state index in [4.69, 9.17) is 22.2 Å². The normalized spacial score (nSPS) is 12.2. The number of hydrogen-bond acceptors (Lipinski definition) is 3. The first-order chi connectivity index (χ1) is 10.1. The molecule has 0 aromatic heterocycles. The van der Waals surface area contributed by atoms with Crippen molar-refractivity contribution in [2.24, 2.45) is 5.84 Å². The second kappa shape index (κ2) is 7.46. The molecule has 0 bridgehead atoms. The molecule has 4 heteroatoms. The average Bonchev–Trinajstić information content (AvgIpc) is 2.49. The average molecular weight is 305 g/mol. The van der Waals surface area contributed by atoms with Crippen molar-refractivity contribution in [2.75, 3.05) is 6.61 Å². The van der Waals surface area contributed by atoms with E-state index in [9.17, 15) is 0 Å². The van der Waals surface area contributed by atoms with E-state index in [1.54, 1.807) is 0 Å². The summed E-state index contributed by atoms with van der Waals surface area (Å²) < 4.78 is 5.74. The van der Waals surface area contributed by atoms with Gasteiger partial charge in [0.1, 0.15) is 12.4 Å². The zero-order valence-corrected chi connectivity index (χ0v) is 13.2. The van der Waals surface area contributed by atoms with Crippen LogP contribution in [0.1, 0.15) is 16.7 Å². The van der Waals surface area contributed by atoms with E-state index in [1.165, 1.54) is 16.7 Å². The molecule has 0 spiro atoms. The Morgan fingerprint density at radius 3 is 2.43 bits per heavy atom. The Bertz CT molecular complexity index is 584. The maximum atomic E-state index is 5.85. The summed E-state index contributed by atoms with van der Waals surface area (Å²) >= 11 is 5.85. The zero-order chi connectivity index (χ0) is 15.2. The Morgan fingerprint density at radius 2 is 1.81 bits per heavy atom. The Balaban J connectivity index is 1.93. The van der Waals surface area contributed by atoms with E-state index in [1.807, 2.05) is 24.3 Å². The van der Waals surface area contributed by atoms with Crippen LogP contribution in [-0.4, -0.2) is 12.6 Å². The predicted octanol–water partition coefficient (Wildman–Crippen LogP) is 3.41. The third-order valence-electron chi connectivity index (χ3n) is 3.55. The summed E-state index contributed by atoms with van der Waals surface area (Å²) in [6.07, 6.45) is 0.825. The molecule has 2 aromatic rings. The number of benzene rings is 2. The lowest BCUT2D eigenvalue weighted by molar-refractivity contribution is 0.264. The molecule has 0 aliphatic rings. The second-order valence-corrected chi connectivity index (χ2v) is 5.69. The van der Waals surface area contributed by atoms with Gasteiger partial charge in [-0.3, -0.25) is 11.3 Å². The summed E-state index contributed by atoms with van der Waals surface area (Å²) in [7, 11) is 0. The standard InChI is InChI=1S/C17H21ClN2O/c1-12-3-4-14(9-13(12)2)10-16(20-19)11-21-17-7-5-15(18)6-8-17/h3-9,16,20H,10-11,19H2,1-2H3. The molecule has 21 heavy (non-hydrogen) atoms. The highest BCUT2D eigenvalue weighted by Gasteiger charge is 2.09. The molecule has 112 valence electrons. The van der Waals surface area contributed by atoms with Gasteiger partial charge in [0.15, 0.2) is 0 Å². The number of nitrogens with two attached hydrogens (primary N) is 1. The van der Waals surface area contributed by atoms with Crippen molar-refractivity contribution in [1.82, 2.24) is 5.43 Å². The number of nitrogens with one attached hydrogen (secondary N) is 1. The zero-order valence-electron chi connectivity index (χ0n) is 12.4. The highest BCUT2D eigenvalue weighted by atomic mass is 35.5. The molecule has 0 fully saturated rings. The largest absolute Gasteiger partial charge is 0.492 e. The fraction of sp³-hybridized carbons (Fsp3) is 0.294. The highest BCUT2D eigenvalue weighted by Crippen LogP contribution is 2.16. The molecule has 0 saturated heterocycles. The smallest absolute Gasteiger partial charge is 0.119 e. The summed E-state index contributed by atoms with van der Waals surface area (Å²) in [5.74, 6) is 6.42. The van der Waals surface area contributed by atoms with E-state index in [0.717, 1.165) is 12.2 Å². The topological polar surface area (TPSA) is 47.3 Å². The summed E-state index contributed by atoms with van der Waals surface area (Å²) in [6, 6.07) is 13.9. The quantitative estimate of drug-likeness (QED) is 0.635. The minimum absolute atomic E-state index is 0.0581. The molecule has 0 saturated carbocycles. The molecule has 1 atom stereocenters. The molecular formula is C17H21ClN2O. The molecule has 2 rings (SSSR count). The van der Waals surface area contributed by atoms with Crippen molar-refractivity contribution in [2.45, 2.75) is 26.3 Å². The van der Waals surface area contributed by atoms with Gasteiger partial charge in [-0.1, -0.05) is 29.8 Å². The molecule has 0 heterocycles. The van der Waals surface area contributed by atoms with Crippen molar-refractivity contribution < 1.29 is 4.74 Å². The van der Waals surface area contributed by atoms with Crippen LogP contribution in [0.5, 0.6) is 5.75 Å². The third-order valence-corrected chi connectivity index (χ3v) is 3.81. The van der Waals surface area contributed by atoms with Crippen LogP contribution in [0.15, 0.2) is 42.5 Å². The lowest BCUT2D eigenvalue weighted by Crippen LogP contribution is -2.41. The lowest BCUT2D eigenvalue weighted by atomic mass is 10.0. The molecule has 0 amide bonds. The molecule has 3 N–H and O–H groups in total. The minimum Gasteiger partial charge on any atom is -0.492 e. The molecular weight excluding hydrogens is 284 g/mol. The Kier molecular flexibility index (Phi) is 5.62. The van der Waals surface area contributed by atoms with Crippen LogP contribution in [0.3, 0.4) is 0 Å². The van der Waals surface area contributed by atoms with Crippen LogP contribution in [0.2, 0.25) is 5.02 Å². The molecule has 0 aliphatic carbocycles.